The molecule has 9 heteroatoms. The van der Waals surface area contributed by atoms with Crippen LogP contribution in [0.25, 0.3) is 0 Å². The summed E-state index contributed by atoms with van der Waals surface area (Å²) in [5, 5.41) is 0. The number of rotatable bonds is 21. The van der Waals surface area contributed by atoms with Gasteiger partial charge in [0, 0.05) is 20.8 Å². The Kier molecular flexibility index (Phi) is 23.0. The highest BCUT2D eigenvalue weighted by molar-refractivity contribution is 4.66. The minimum Gasteiger partial charge on any atom is -0.382 e. The number of ether oxygens (including phenoxy) is 9. The lowest BCUT2D eigenvalue weighted by molar-refractivity contribution is -0.0379. The second kappa shape index (κ2) is 23.3. The van der Waals surface area contributed by atoms with Crippen LogP contribution >= 0.6 is 0 Å². The third-order valence-electron chi connectivity index (χ3n) is 3.74. The summed E-state index contributed by atoms with van der Waals surface area (Å²) >= 11 is 0. The first kappa shape index (κ1) is 29.6. The molecule has 0 saturated carbocycles. The summed E-state index contributed by atoms with van der Waals surface area (Å²) in [6, 6.07) is 0. The Balaban J connectivity index is 0.000000567. The quantitative estimate of drug-likeness (QED) is 0.195. The second-order valence-electron chi connectivity index (χ2n) is 6.73. The maximum absolute atomic E-state index is 5.49. The van der Waals surface area contributed by atoms with Crippen LogP contribution in [0, 0.1) is 0 Å². The standard InChI is InChI=1S/C11H22O5.C10H22O4/c1-10(7-13-4-3-12-2)15-6-5-14-8-11-9-16-11;1-4-12-7-8-14-10(2)9-13-6-5-11-3/h10-11H,3-9H2,1-2H3;10H,4-9H2,1-3H3. The van der Waals surface area contributed by atoms with Gasteiger partial charge in [0.25, 0.3) is 0 Å². The van der Waals surface area contributed by atoms with E-state index in [4.69, 9.17) is 42.6 Å². The van der Waals surface area contributed by atoms with Crippen LogP contribution in [0.5, 0.6) is 0 Å². The van der Waals surface area contributed by atoms with Gasteiger partial charge in [-0.05, 0) is 20.8 Å². The normalized spacial score (nSPS) is 17.3. The average molecular weight is 441 g/mol. The van der Waals surface area contributed by atoms with Crippen molar-refractivity contribution in [2.24, 2.45) is 0 Å². The van der Waals surface area contributed by atoms with Crippen molar-refractivity contribution in [3.05, 3.63) is 0 Å². The Morgan fingerprint density at radius 3 is 1.60 bits per heavy atom. The zero-order chi connectivity index (χ0) is 22.3. The van der Waals surface area contributed by atoms with Crippen LogP contribution in [0.2, 0.25) is 0 Å². The average Bonchev–Trinajstić information content (AvgIpc) is 3.56. The van der Waals surface area contributed by atoms with Gasteiger partial charge in [0.1, 0.15) is 6.10 Å². The largest absolute Gasteiger partial charge is 0.382 e. The number of methoxy groups -OCH3 is 2. The van der Waals surface area contributed by atoms with Gasteiger partial charge >= 0.3 is 0 Å². The molecule has 0 aliphatic carbocycles. The Morgan fingerprint density at radius 2 is 1.17 bits per heavy atom. The topological polar surface area (TPSA) is 86.4 Å². The third kappa shape index (κ3) is 23.9. The monoisotopic (exact) mass is 440 g/mol. The van der Waals surface area contributed by atoms with Gasteiger partial charge in [0.2, 0.25) is 0 Å². The Bertz CT molecular complexity index is 318. The molecule has 1 aliphatic heterocycles. The van der Waals surface area contributed by atoms with Crippen LogP contribution in [-0.2, 0) is 42.6 Å². The van der Waals surface area contributed by atoms with E-state index in [2.05, 4.69) is 0 Å². The predicted octanol–water partition coefficient (Wildman–Crippen LogP) is 1.56. The molecule has 182 valence electrons. The van der Waals surface area contributed by atoms with E-state index in [0.717, 1.165) is 13.2 Å². The van der Waals surface area contributed by atoms with Crippen LogP contribution < -0.4 is 0 Å². The summed E-state index contributed by atoms with van der Waals surface area (Å²) in [6.07, 6.45) is 0.541. The molecule has 3 atom stereocenters. The number of hydrogen-bond donors (Lipinski definition) is 0. The zero-order valence-electron chi connectivity index (χ0n) is 19.6. The van der Waals surface area contributed by atoms with E-state index < -0.39 is 0 Å². The van der Waals surface area contributed by atoms with Gasteiger partial charge in [-0.15, -0.1) is 0 Å². The minimum absolute atomic E-state index is 0.0950. The fourth-order valence-electron chi connectivity index (χ4n) is 2.02. The summed E-state index contributed by atoms with van der Waals surface area (Å²) in [7, 11) is 3.32. The molecule has 1 heterocycles. The molecule has 1 aliphatic rings. The Morgan fingerprint density at radius 1 is 0.700 bits per heavy atom. The predicted molar refractivity (Wildman–Crippen MR) is 113 cm³/mol. The number of epoxide rings is 1. The molecule has 0 N–H and O–H groups in total. The molecule has 1 saturated heterocycles. The molecule has 1 fully saturated rings. The van der Waals surface area contributed by atoms with Crippen molar-refractivity contribution in [1.82, 2.24) is 0 Å². The van der Waals surface area contributed by atoms with Crippen LogP contribution in [-0.4, -0.2) is 118 Å². The van der Waals surface area contributed by atoms with E-state index in [0.29, 0.717) is 78.8 Å². The molecule has 3 unspecified atom stereocenters. The maximum atomic E-state index is 5.49. The smallest absolute Gasteiger partial charge is 0.104 e. The van der Waals surface area contributed by atoms with Crippen molar-refractivity contribution in [1.29, 1.82) is 0 Å². The third-order valence-corrected chi connectivity index (χ3v) is 3.74. The van der Waals surface area contributed by atoms with Crippen molar-refractivity contribution in [3.8, 4) is 0 Å². The molecular formula is C21H44O9. The fraction of sp³-hybridized carbons (Fsp3) is 1.00. The first-order valence-electron chi connectivity index (χ1n) is 10.8. The molecule has 0 radical (unpaired) electrons. The van der Waals surface area contributed by atoms with Gasteiger partial charge in [-0.2, -0.15) is 0 Å². The van der Waals surface area contributed by atoms with Crippen molar-refractivity contribution in [2.75, 3.05) is 100 Å². The molecule has 1 rings (SSSR count). The van der Waals surface area contributed by atoms with Crippen LogP contribution in [0.3, 0.4) is 0 Å². The Labute approximate surface area is 182 Å². The molecule has 0 aromatic rings. The molecule has 0 aromatic heterocycles. The van der Waals surface area contributed by atoms with E-state index in [9.17, 15) is 0 Å². The van der Waals surface area contributed by atoms with E-state index in [1.54, 1.807) is 14.2 Å². The van der Waals surface area contributed by atoms with Crippen molar-refractivity contribution < 1.29 is 42.6 Å². The van der Waals surface area contributed by atoms with Crippen LogP contribution in [0.4, 0.5) is 0 Å². The lowest BCUT2D eigenvalue weighted by atomic mass is 10.4. The minimum atomic E-state index is 0.0950. The summed E-state index contributed by atoms with van der Waals surface area (Å²) in [5.74, 6) is 0. The van der Waals surface area contributed by atoms with Gasteiger partial charge in [-0.1, -0.05) is 0 Å². The van der Waals surface area contributed by atoms with Gasteiger partial charge < -0.3 is 42.6 Å². The van der Waals surface area contributed by atoms with Gasteiger partial charge in [-0.25, -0.2) is 0 Å². The summed E-state index contributed by atoms with van der Waals surface area (Å²) in [6.45, 7) is 14.4. The highest BCUT2D eigenvalue weighted by Gasteiger charge is 2.22. The van der Waals surface area contributed by atoms with Crippen LogP contribution in [0.15, 0.2) is 0 Å². The van der Waals surface area contributed by atoms with Crippen molar-refractivity contribution in [3.63, 3.8) is 0 Å². The van der Waals surface area contributed by atoms with Crippen LogP contribution in [0.1, 0.15) is 20.8 Å². The van der Waals surface area contributed by atoms with E-state index in [1.165, 1.54) is 0 Å². The van der Waals surface area contributed by atoms with Crippen molar-refractivity contribution in [2.45, 2.75) is 39.1 Å². The highest BCUT2D eigenvalue weighted by atomic mass is 16.6. The lowest BCUT2D eigenvalue weighted by Crippen LogP contribution is -2.20. The first-order valence-corrected chi connectivity index (χ1v) is 10.8. The first-order chi connectivity index (χ1) is 14.6. The van der Waals surface area contributed by atoms with Gasteiger partial charge in [-0.3, -0.25) is 0 Å². The Hall–Kier alpha value is -0.360. The SMILES string of the molecule is CCOCCOC(C)COCCOC.COCCOCC(C)OCCOCC1CO1. The number of hydrogen-bond acceptors (Lipinski definition) is 9. The summed E-state index contributed by atoms with van der Waals surface area (Å²) < 4.78 is 46.8. The molecule has 9 nitrogen and oxygen atoms in total. The molecule has 0 bridgehead atoms. The zero-order valence-corrected chi connectivity index (χ0v) is 19.6. The molecule has 0 amide bonds. The molecule has 0 aromatic carbocycles. The molecule has 30 heavy (non-hydrogen) atoms. The maximum Gasteiger partial charge on any atom is 0.104 e. The van der Waals surface area contributed by atoms with Crippen molar-refractivity contribution >= 4 is 0 Å². The molecular weight excluding hydrogens is 396 g/mol. The lowest BCUT2D eigenvalue weighted by Gasteiger charge is -2.13. The summed E-state index contributed by atoms with van der Waals surface area (Å²) in [4.78, 5) is 0. The highest BCUT2D eigenvalue weighted by Crippen LogP contribution is 2.08. The summed E-state index contributed by atoms with van der Waals surface area (Å²) in [5.41, 5.74) is 0. The van der Waals surface area contributed by atoms with E-state index >= 15 is 0 Å². The van der Waals surface area contributed by atoms with Gasteiger partial charge in [0.05, 0.1) is 91.5 Å². The van der Waals surface area contributed by atoms with E-state index in [1.807, 2.05) is 20.8 Å². The second-order valence-corrected chi connectivity index (χ2v) is 6.73. The fourth-order valence-corrected chi connectivity index (χ4v) is 2.02. The molecule has 0 spiro atoms. The van der Waals surface area contributed by atoms with Gasteiger partial charge in [0.15, 0.2) is 0 Å². The van der Waals surface area contributed by atoms with E-state index in [-0.39, 0.29) is 12.2 Å².